The van der Waals surface area contributed by atoms with E-state index in [-0.39, 0.29) is 23.2 Å². The minimum atomic E-state index is -1.42. The number of hydrogen-bond acceptors (Lipinski definition) is 4. The van der Waals surface area contributed by atoms with Gasteiger partial charge in [0.2, 0.25) is 5.91 Å². The smallest absolute Gasteiger partial charge is 0.258 e. The molecule has 196 valence electrons. The van der Waals surface area contributed by atoms with Crippen LogP contribution in [0.3, 0.4) is 0 Å². The number of nitrogens with zero attached hydrogens (tertiary/aromatic N) is 4. The van der Waals surface area contributed by atoms with Gasteiger partial charge in [-0.25, -0.2) is 4.39 Å². The third-order valence-electron chi connectivity index (χ3n) is 5.83. The molecule has 0 aliphatic heterocycles. The van der Waals surface area contributed by atoms with E-state index in [2.05, 4.69) is 15.3 Å². The summed E-state index contributed by atoms with van der Waals surface area (Å²) in [5, 5.41) is 6.60. The van der Waals surface area contributed by atoms with Gasteiger partial charge in [-0.1, -0.05) is 78.8 Å². The molecular weight excluding hydrogens is 485 g/mol. The van der Waals surface area contributed by atoms with E-state index in [4.69, 9.17) is 0 Å². The topological polar surface area (TPSA) is 115 Å². The lowest BCUT2D eigenvalue weighted by molar-refractivity contribution is -0.127. The summed E-state index contributed by atoms with van der Waals surface area (Å²) in [6, 6.07) is 17.6. The van der Waals surface area contributed by atoms with Crippen LogP contribution in [0.2, 0.25) is 0 Å². The molecule has 0 saturated carbocycles. The minimum Gasteiger partial charge on any atom is -0.349 e. The lowest BCUT2D eigenvalue weighted by Crippen LogP contribution is -2.54. The highest BCUT2D eigenvalue weighted by molar-refractivity contribution is 6.06. The largest absolute Gasteiger partial charge is 0.349 e. The first-order chi connectivity index (χ1) is 18.1. The Morgan fingerprint density at radius 2 is 1.58 bits per heavy atom. The number of hydrogen-bond donors (Lipinski definition) is 1. The van der Waals surface area contributed by atoms with Gasteiger partial charge >= 0.3 is 0 Å². The summed E-state index contributed by atoms with van der Waals surface area (Å²) in [7, 11) is 0. The van der Waals surface area contributed by atoms with Crippen LogP contribution in [0.1, 0.15) is 66.4 Å². The molecule has 0 radical (unpaired) electrons. The number of ketones is 1. The van der Waals surface area contributed by atoms with E-state index < -0.39 is 41.0 Å². The molecule has 9 heteroatoms. The summed E-state index contributed by atoms with van der Waals surface area (Å²) in [5.74, 6) is -2.65. The number of carbonyl (C=O) groups is 3. The van der Waals surface area contributed by atoms with E-state index in [0.29, 0.717) is 5.56 Å². The van der Waals surface area contributed by atoms with Crippen LogP contribution in [-0.4, -0.2) is 34.1 Å². The number of rotatable bonds is 9. The number of carbonyl (C=O) groups excluding carboxylic acids is 3. The summed E-state index contributed by atoms with van der Waals surface area (Å²) in [4.78, 5) is 45.8. The zero-order valence-corrected chi connectivity index (χ0v) is 21.8. The van der Waals surface area contributed by atoms with Crippen molar-refractivity contribution in [2.75, 3.05) is 0 Å². The number of azide groups is 1. The van der Waals surface area contributed by atoms with Crippen LogP contribution in [-0.2, 0) is 4.79 Å². The first kappa shape index (κ1) is 28.1. The van der Waals surface area contributed by atoms with E-state index in [9.17, 15) is 24.3 Å². The van der Waals surface area contributed by atoms with Gasteiger partial charge in [-0.15, -0.1) is 0 Å². The third kappa shape index (κ3) is 6.44. The number of nitrogens with one attached hydrogen (secondary N) is 1. The first-order valence-electron chi connectivity index (χ1n) is 12.2. The molecular formula is C29H30FN5O3. The molecule has 2 atom stereocenters. The van der Waals surface area contributed by atoms with Gasteiger partial charge in [-0.3, -0.25) is 14.4 Å². The lowest BCUT2D eigenvalue weighted by atomic mass is 9.93. The molecule has 8 nitrogen and oxygen atoms in total. The molecule has 0 saturated heterocycles. The van der Waals surface area contributed by atoms with Crippen molar-refractivity contribution in [2.24, 2.45) is 5.11 Å². The predicted octanol–water partition coefficient (Wildman–Crippen LogP) is 6.53. The molecule has 3 aromatic carbocycles. The zero-order valence-electron chi connectivity index (χ0n) is 21.8. The minimum absolute atomic E-state index is 0.109. The second kappa shape index (κ2) is 12.2. The maximum absolute atomic E-state index is 14.9. The molecule has 38 heavy (non-hydrogen) atoms. The fourth-order valence-electron chi connectivity index (χ4n) is 4.23. The van der Waals surface area contributed by atoms with E-state index in [1.165, 1.54) is 24.3 Å². The Labute approximate surface area is 221 Å². The summed E-state index contributed by atoms with van der Waals surface area (Å²) >= 11 is 0. The van der Waals surface area contributed by atoms with Gasteiger partial charge in [-0.05, 0) is 50.4 Å². The lowest BCUT2D eigenvalue weighted by Gasteiger charge is -2.38. The van der Waals surface area contributed by atoms with Crippen molar-refractivity contribution >= 4 is 23.3 Å². The van der Waals surface area contributed by atoms with E-state index >= 15 is 0 Å². The van der Waals surface area contributed by atoms with Crippen molar-refractivity contribution in [3.8, 4) is 0 Å². The van der Waals surface area contributed by atoms with Gasteiger partial charge < -0.3 is 10.2 Å². The Balaban J connectivity index is 2.32. The fraction of sp³-hybridized carbons (Fsp3) is 0.276. The fourth-order valence-corrected chi connectivity index (χ4v) is 4.23. The van der Waals surface area contributed by atoms with E-state index in [1.54, 1.807) is 76.2 Å². The van der Waals surface area contributed by atoms with Gasteiger partial charge in [0.1, 0.15) is 11.9 Å². The van der Waals surface area contributed by atoms with Gasteiger partial charge in [-0.2, -0.15) is 0 Å². The van der Waals surface area contributed by atoms with Crippen LogP contribution in [0.4, 0.5) is 10.1 Å². The van der Waals surface area contributed by atoms with Crippen LogP contribution < -0.4 is 5.32 Å². The zero-order chi connectivity index (χ0) is 27.9. The molecule has 0 spiro atoms. The van der Waals surface area contributed by atoms with E-state index in [0.717, 1.165) is 11.0 Å². The van der Waals surface area contributed by atoms with Crippen molar-refractivity contribution in [1.82, 2.24) is 10.2 Å². The Hall–Kier alpha value is -4.49. The summed E-state index contributed by atoms with van der Waals surface area (Å²) in [6.45, 7) is 7.04. The normalized spacial score (nSPS) is 12.6. The molecule has 0 heterocycles. The standard InChI is InChI=1S/C29H30FN5O3/c1-5-24(26(36)19-13-7-6-8-14-19)35(28(38)20-15-9-11-17-22(20)30)25(27(37)32-29(2,3)4)21-16-10-12-18-23(21)33-34-31/h6-18,24-25H,5H2,1-4H3,(H,32,37). The highest BCUT2D eigenvalue weighted by Gasteiger charge is 2.41. The SMILES string of the molecule is CCC(C(=O)c1ccccc1)N(C(=O)c1ccccc1F)C(C(=O)NC(C)(C)C)c1ccccc1N=[N+]=[N-]. The van der Waals surface area contributed by atoms with Crippen molar-refractivity contribution in [1.29, 1.82) is 0 Å². The van der Waals surface area contributed by atoms with Gasteiger partial charge in [0.25, 0.3) is 5.91 Å². The Morgan fingerprint density at radius 1 is 0.974 bits per heavy atom. The van der Waals surface area contributed by atoms with Crippen LogP contribution in [0.5, 0.6) is 0 Å². The molecule has 1 N–H and O–H groups in total. The van der Waals surface area contributed by atoms with Crippen LogP contribution >= 0.6 is 0 Å². The van der Waals surface area contributed by atoms with Crippen LogP contribution in [0, 0.1) is 5.82 Å². The molecule has 0 fully saturated rings. The Bertz CT molecular complexity index is 1360. The van der Waals surface area contributed by atoms with Crippen LogP contribution in [0.25, 0.3) is 10.4 Å². The van der Waals surface area contributed by atoms with Gasteiger partial charge in [0.05, 0.1) is 11.6 Å². The maximum Gasteiger partial charge on any atom is 0.258 e. The number of halogens is 1. The molecule has 2 amide bonds. The quantitative estimate of drug-likeness (QED) is 0.151. The number of Topliss-reactive ketones (excluding diaryl/α,β-unsaturated/α-hetero) is 1. The molecule has 0 aliphatic rings. The maximum atomic E-state index is 14.9. The van der Waals surface area contributed by atoms with Crippen molar-refractivity contribution in [2.45, 2.75) is 51.7 Å². The van der Waals surface area contributed by atoms with Crippen molar-refractivity contribution < 1.29 is 18.8 Å². The molecule has 0 bridgehead atoms. The second-order valence-electron chi connectivity index (χ2n) is 9.74. The molecule has 2 unspecified atom stereocenters. The van der Waals surface area contributed by atoms with Gasteiger partial charge in [0, 0.05) is 21.7 Å². The summed E-state index contributed by atoms with van der Waals surface area (Å²) in [6.07, 6.45) is 0.136. The predicted molar refractivity (Wildman–Crippen MR) is 143 cm³/mol. The monoisotopic (exact) mass is 515 g/mol. The van der Waals surface area contributed by atoms with Crippen LogP contribution in [0.15, 0.2) is 84.0 Å². The summed E-state index contributed by atoms with van der Waals surface area (Å²) in [5.41, 5.74) is 8.83. The Kier molecular flexibility index (Phi) is 8.99. The first-order valence-corrected chi connectivity index (χ1v) is 12.2. The number of benzene rings is 3. The second-order valence-corrected chi connectivity index (χ2v) is 9.74. The average molecular weight is 516 g/mol. The van der Waals surface area contributed by atoms with Crippen molar-refractivity contribution in [3.05, 3.63) is 112 Å². The molecule has 3 aromatic rings. The highest BCUT2D eigenvalue weighted by atomic mass is 19.1. The molecule has 0 aromatic heterocycles. The average Bonchev–Trinajstić information content (AvgIpc) is 2.88. The summed E-state index contributed by atoms with van der Waals surface area (Å²) < 4.78 is 14.9. The van der Waals surface area contributed by atoms with E-state index in [1.807, 2.05) is 0 Å². The highest BCUT2D eigenvalue weighted by Crippen LogP contribution is 2.35. The molecule has 3 rings (SSSR count). The van der Waals surface area contributed by atoms with Gasteiger partial charge in [0.15, 0.2) is 5.78 Å². The third-order valence-corrected chi connectivity index (χ3v) is 5.83. The number of amides is 2. The molecule has 0 aliphatic carbocycles. The Morgan fingerprint density at radius 3 is 2.18 bits per heavy atom. The van der Waals surface area contributed by atoms with Crippen molar-refractivity contribution in [3.63, 3.8) is 0 Å².